The number of halogens is 1. The molecule has 1 aliphatic carbocycles. The Kier molecular flexibility index (Phi) is 3.62. The molecule has 0 aromatic heterocycles. The quantitative estimate of drug-likeness (QED) is 0.869. The van der Waals surface area contributed by atoms with E-state index in [0.717, 1.165) is 12.8 Å². The normalized spacial score (nSPS) is 16.2. The maximum absolute atomic E-state index is 12.1. The van der Waals surface area contributed by atoms with Crippen LogP contribution in [-0.4, -0.2) is 19.9 Å². The smallest absolute Gasteiger partial charge is 0.261 e. The van der Waals surface area contributed by atoms with Crippen LogP contribution in [-0.2, 0) is 9.05 Å². The Morgan fingerprint density at radius 1 is 1.26 bits per heavy atom. The number of hydrogen-bond donors (Lipinski definition) is 1. The van der Waals surface area contributed by atoms with Crippen molar-refractivity contribution < 1.29 is 13.2 Å². The van der Waals surface area contributed by atoms with Crippen LogP contribution in [0.5, 0.6) is 0 Å². The van der Waals surface area contributed by atoms with Crippen LogP contribution >= 0.6 is 10.7 Å². The van der Waals surface area contributed by atoms with Crippen LogP contribution in [0.2, 0.25) is 0 Å². The van der Waals surface area contributed by atoms with Crippen LogP contribution < -0.4 is 5.32 Å². The second-order valence-electron chi connectivity index (χ2n) is 5.41. The van der Waals surface area contributed by atoms with Crippen molar-refractivity contribution in [1.82, 2.24) is 5.32 Å². The molecule has 1 aromatic carbocycles. The molecule has 1 saturated carbocycles. The summed E-state index contributed by atoms with van der Waals surface area (Å²) >= 11 is 0. The van der Waals surface area contributed by atoms with Gasteiger partial charge in [0.1, 0.15) is 0 Å². The summed E-state index contributed by atoms with van der Waals surface area (Å²) in [6.07, 6.45) is 2.27. The molecule has 104 valence electrons. The summed E-state index contributed by atoms with van der Waals surface area (Å²) < 4.78 is 22.2. The predicted molar refractivity (Wildman–Crippen MR) is 73.8 cm³/mol. The maximum atomic E-state index is 12.1. The minimum atomic E-state index is -3.74. The Morgan fingerprint density at radius 3 is 2.21 bits per heavy atom. The van der Waals surface area contributed by atoms with Crippen molar-refractivity contribution >= 4 is 25.6 Å². The summed E-state index contributed by atoms with van der Waals surface area (Å²) in [4.78, 5) is 12.1. The van der Waals surface area contributed by atoms with Gasteiger partial charge in [-0.15, -0.1) is 0 Å². The number of benzene rings is 1. The maximum Gasteiger partial charge on any atom is 0.261 e. The van der Waals surface area contributed by atoms with Gasteiger partial charge in [-0.3, -0.25) is 4.79 Å². The third kappa shape index (κ3) is 3.48. The lowest BCUT2D eigenvalue weighted by molar-refractivity contribution is 0.0903. The van der Waals surface area contributed by atoms with E-state index in [0.29, 0.717) is 11.5 Å². The van der Waals surface area contributed by atoms with Crippen LogP contribution in [0.25, 0.3) is 0 Å². The van der Waals surface area contributed by atoms with Crippen molar-refractivity contribution in [2.45, 2.75) is 37.1 Å². The van der Waals surface area contributed by atoms with Gasteiger partial charge in [-0.2, -0.15) is 0 Å². The fraction of sp³-hybridized carbons (Fsp3) is 0.462. The van der Waals surface area contributed by atoms with Crippen molar-refractivity contribution in [2.24, 2.45) is 5.92 Å². The summed E-state index contributed by atoms with van der Waals surface area (Å²) in [6.45, 7) is 4.00. The number of carbonyl (C=O) groups is 1. The van der Waals surface area contributed by atoms with E-state index in [1.54, 1.807) is 0 Å². The zero-order valence-corrected chi connectivity index (χ0v) is 12.4. The van der Waals surface area contributed by atoms with Gasteiger partial charge in [-0.1, -0.05) is 0 Å². The lowest BCUT2D eigenvalue weighted by Gasteiger charge is -2.26. The first-order valence-electron chi connectivity index (χ1n) is 6.07. The molecular formula is C13H16ClNO3S. The fourth-order valence-corrected chi connectivity index (χ4v) is 2.81. The number of carbonyl (C=O) groups excluding carboxylic acids is 1. The van der Waals surface area contributed by atoms with Crippen LogP contribution in [0.4, 0.5) is 0 Å². The van der Waals surface area contributed by atoms with Gasteiger partial charge in [0.25, 0.3) is 15.0 Å². The van der Waals surface area contributed by atoms with Crippen molar-refractivity contribution in [3.63, 3.8) is 0 Å². The van der Waals surface area contributed by atoms with Gasteiger partial charge in [0.05, 0.1) is 4.90 Å². The van der Waals surface area contributed by atoms with Crippen molar-refractivity contribution in [1.29, 1.82) is 0 Å². The van der Waals surface area contributed by atoms with E-state index in [1.807, 2.05) is 13.8 Å². The van der Waals surface area contributed by atoms with Gasteiger partial charge < -0.3 is 5.32 Å². The fourth-order valence-electron chi connectivity index (χ4n) is 2.04. The number of nitrogens with one attached hydrogen (secondary N) is 1. The summed E-state index contributed by atoms with van der Waals surface area (Å²) in [5, 5.41) is 2.97. The van der Waals surface area contributed by atoms with E-state index in [-0.39, 0.29) is 16.3 Å². The van der Waals surface area contributed by atoms with Crippen LogP contribution in [0.15, 0.2) is 29.2 Å². The van der Waals surface area contributed by atoms with Crippen molar-refractivity contribution in [3.05, 3.63) is 29.8 Å². The molecule has 6 heteroatoms. The number of rotatable bonds is 4. The first-order chi connectivity index (χ1) is 8.70. The Labute approximate surface area is 117 Å². The monoisotopic (exact) mass is 301 g/mol. The molecule has 0 heterocycles. The summed E-state index contributed by atoms with van der Waals surface area (Å²) in [5.74, 6) is 0.328. The zero-order chi connectivity index (χ0) is 14.3. The van der Waals surface area contributed by atoms with E-state index in [1.165, 1.54) is 24.3 Å². The average Bonchev–Trinajstić information content (AvgIpc) is 3.11. The molecule has 0 radical (unpaired) electrons. The predicted octanol–water partition coefficient (Wildman–Crippen LogP) is 2.53. The van der Waals surface area contributed by atoms with E-state index in [2.05, 4.69) is 5.32 Å². The van der Waals surface area contributed by atoms with Crippen molar-refractivity contribution in [3.8, 4) is 0 Å². The summed E-state index contributed by atoms with van der Waals surface area (Å²) in [5.41, 5.74) is 0.201. The lowest BCUT2D eigenvalue weighted by atomic mass is 9.98. The first kappa shape index (κ1) is 14.3. The lowest BCUT2D eigenvalue weighted by Crippen LogP contribution is -2.45. The molecule has 0 atom stereocenters. The van der Waals surface area contributed by atoms with Gasteiger partial charge >= 0.3 is 0 Å². The molecule has 0 aliphatic heterocycles. The summed E-state index contributed by atoms with van der Waals surface area (Å²) in [7, 11) is 1.48. The van der Waals surface area contributed by atoms with Crippen molar-refractivity contribution in [2.75, 3.05) is 0 Å². The number of hydrogen-bond acceptors (Lipinski definition) is 3. The molecule has 0 unspecified atom stereocenters. The van der Waals surface area contributed by atoms with Gasteiger partial charge in [0.2, 0.25) is 0 Å². The summed E-state index contributed by atoms with van der Waals surface area (Å²) in [6, 6.07) is 5.60. The minimum Gasteiger partial charge on any atom is -0.347 e. The molecule has 1 N–H and O–H groups in total. The highest BCUT2D eigenvalue weighted by atomic mass is 35.7. The highest BCUT2D eigenvalue weighted by Crippen LogP contribution is 2.39. The second-order valence-corrected chi connectivity index (χ2v) is 7.98. The van der Waals surface area contributed by atoms with Gasteiger partial charge in [-0.05, 0) is 56.9 Å². The van der Waals surface area contributed by atoms with Gasteiger partial charge in [-0.25, -0.2) is 8.42 Å². The molecule has 1 fully saturated rings. The molecule has 1 amide bonds. The third-order valence-corrected chi connectivity index (χ3v) is 4.80. The zero-order valence-electron chi connectivity index (χ0n) is 10.8. The number of amides is 1. The first-order valence-corrected chi connectivity index (χ1v) is 8.38. The minimum absolute atomic E-state index is 0.00725. The Hall–Kier alpha value is -1.07. The molecular weight excluding hydrogens is 286 g/mol. The van der Waals surface area contributed by atoms with Gasteiger partial charge in [0.15, 0.2) is 0 Å². The Balaban J connectivity index is 2.12. The van der Waals surface area contributed by atoms with Crippen LogP contribution in [0.3, 0.4) is 0 Å². The molecule has 1 aliphatic rings. The standard InChI is InChI=1S/C13H16ClNO3S/c1-13(2,10-5-6-10)15-12(16)9-3-7-11(8-4-9)19(14,17)18/h3-4,7-8,10H,5-6H2,1-2H3,(H,15,16). The molecule has 0 bridgehead atoms. The second kappa shape index (κ2) is 4.80. The molecule has 0 spiro atoms. The molecule has 19 heavy (non-hydrogen) atoms. The average molecular weight is 302 g/mol. The van der Waals surface area contributed by atoms with E-state index in [9.17, 15) is 13.2 Å². The Morgan fingerprint density at radius 2 is 1.79 bits per heavy atom. The third-order valence-electron chi connectivity index (χ3n) is 3.43. The van der Waals surface area contributed by atoms with E-state index >= 15 is 0 Å². The van der Waals surface area contributed by atoms with Crippen LogP contribution in [0, 0.1) is 5.92 Å². The highest BCUT2D eigenvalue weighted by molar-refractivity contribution is 8.13. The van der Waals surface area contributed by atoms with E-state index < -0.39 is 9.05 Å². The molecule has 1 aromatic rings. The van der Waals surface area contributed by atoms with Gasteiger partial charge in [0, 0.05) is 21.8 Å². The largest absolute Gasteiger partial charge is 0.347 e. The molecule has 4 nitrogen and oxygen atoms in total. The SMILES string of the molecule is CC(C)(NC(=O)c1ccc(S(=O)(=O)Cl)cc1)C1CC1. The van der Waals surface area contributed by atoms with Crippen LogP contribution in [0.1, 0.15) is 37.0 Å². The highest BCUT2D eigenvalue weighted by Gasteiger charge is 2.38. The molecule has 2 rings (SSSR count). The molecule has 0 saturated heterocycles. The Bertz CT molecular complexity index is 589. The van der Waals surface area contributed by atoms with E-state index in [4.69, 9.17) is 10.7 Å². The topological polar surface area (TPSA) is 63.2 Å².